The van der Waals surface area contributed by atoms with E-state index in [1.54, 1.807) is 20.8 Å². The van der Waals surface area contributed by atoms with Crippen LogP contribution in [0.15, 0.2) is 0 Å². The topological polar surface area (TPSA) is 156 Å². The van der Waals surface area contributed by atoms with Gasteiger partial charge in [0, 0.05) is 18.9 Å². The first-order valence-corrected chi connectivity index (χ1v) is 8.99. The summed E-state index contributed by atoms with van der Waals surface area (Å²) in [5.41, 5.74) is -0.794. The number of aliphatic carboxylic acids is 1. The summed E-state index contributed by atoms with van der Waals surface area (Å²) in [5, 5.41) is 16.3. The Bertz CT molecular complexity index is 612. The molecule has 0 saturated carbocycles. The van der Waals surface area contributed by atoms with Crippen LogP contribution in [-0.4, -0.2) is 66.9 Å². The fraction of sp³-hybridized carbons (Fsp3) is 0.769. The van der Waals surface area contributed by atoms with Gasteiger partial charge in [0.25, 0.3) is 0 Å². The van der Waals surface area contributed by atoms with E-state index in [0.717, 1.165) is 0 Å². The Morgan fingerprint density at radius 1 is 1.46 bits per heavy atom. The molecular weight excluding hydrogens is 342 g/mol. The number of rotatable bonds is 6. The molecule has 0 aromatic carbocycles. The van der Waals surface area contributed by atoms with E-state index in [1.807, 2.05) is 0 Å². The number of likely N-dealkylation sites (tertiary alicyclic amines) is 1. The zero-order valence-corrected chi connectivity index (χ0v) is 14.6. The van der Waals surface area contributed by atoms with Crippen molar-refractivity contribution in [3.05, 3.63) is 0 Å². The maximum atomic E-state index is 11.9. The van der Waals surface area contributed by atoms with E-state index in [9.17, 15) is 27.9 Å². The van der Waals surface area contributed by atoms with E-state index >= 15 is 0 Å². The SMILES string of the molecule is CC(C)(C)OC(=O)N[C@@H](CN1CC(CS(N)(=O)=O)CC1=O)C(=O)O. The van der Waals surface area contributed by atoms with Gasteiger partial charge in [-0.2, -0.15) is 0 Å². The van der Waals surface area contributed by atoms with Crippen molar-refractivity contribution in [2.45, 2.75) is 38.8 Å². The van der Waals surface area contributed by atoms with Crippen molar-refractivity contribution < 1.29 is 32.6 Å². The van der Waals surface area contributed by atoms with E-state index in [-0.39, 0.29) is 31.2 Å². The van der Waals surface area contributed by atoms with Gasteiger partial charge in [0.05, 0.1) is 12.3 Å². The molecule has 1 unspecified atom stereocenters. The Hall–Kier alpha value is -1.88. The van der Waals surface area contributed by atoms with Crippen LogP contribution in [0.3, 0.4) is 0 Å². The van der Waals surface area contributed by atoms with E-state index in [0.29, 0.717) is 0 Å². The van der Waals surface area contributed by atoms with Crippen LogP contribution in [0, 0.1) is 5.92 Å². The molecule has 0 aromatic rings. The number of nitrogens with two attached hydrogens (primary N) is 1. The molecule has 0 aliphatic carbocycles. The average molecular weight is 365 g/mol. The number of ether oxygens (including phenoxy) is 1. The number of hydrogen-bond acceptors (Lipinski definition) is 6. The van der Waals surface area contributed by atoms with Crippen LogP contribution in [0.5, 0.6) is 0 Å². The number of amides is 2. The highest BCUT2D eigenvalue weighted by Gasteiger charge is 2.35. The number of sulfonamides is 1. The van der Waals surface area contributed by atoms with Crippen molar-refractivity contribution in [3.8, 4) is 0 Å². The smallest absolute Gasteiger partial charge is 0.408 e. The number of carbonyl (C=O) groups is 3. The number of carboxylic acids is 1. The summed E-state index contributed by atoms with van der Waals surface area (Å²) in [5.74, 6) is -2.57. The predicted molar refractivity (Wildman–Crippen MR) is 83.5 cm³/mol. The van der Waals surface area contributed by atoms with Gasteiger partial charge in [-0.15, -0.1) is 0 Å². The average Bonchev–Trinajstić information content (AvgIpc) is 2.63. The molecule has 1 rings (SSSR count). The number of carboxylic acid groups (broad SMARTS) is 1. The molecule has 1 saturated heterocycles. The van der Waals surface area contributed by atoms with Crippen LogP contribution in [0.4, 0.5) is 4.79 Å². The van der Waals surface area contributed by atoms with Gasteiger partial charge in [0.15, 0.2) is 0 Å². The normalized spacial score (nSPS) is 19.9. The molecule has 138 valence electrons. The molecule has 2 atom stereocenters. The maximum absolute atomic E-state index is 11.9. The predicted octanol–water partition coefficient (Wildman–Crippen LogP) is -0.899. The van der Waals surface area contributed by atoms with Crippen molar-refractivity contribution in [1.29, 1.82) is 0 Å². The molecule has 24 heavy (non-hydrogen) atoms. The van der Waals surface area contributed by atoms with Crippen LogP contribution in [-0.2, 0) is 24.3 Å². The lowest BCUT2D eigenvalue weighted by molar-refractivity contribution is -0.140. The second kappa shape index (κ2) is 7.34. The fourth-order valence-corrected chi connectivity index (χ4v) is 3.21. The first-order valence-electron chi connectivity index (χ1n) is 7.27. The van der Waals surface area contributed by atoms with Crippen molar-refractivity contribution >= 4 is 28.0 Å². The molecule has 0 aromatic heterocycles. The van der Waals surface area contributed by atoms with Gasteiger partial charge in [0.1, 0.15) is 11.6 Å². The molecule has 0 radical (unpaired) electrons. The van der Waals surface area contributed by atoms with Crippen LogP contribution < -0.4 is 10.5 Å². The highest BCUT2D eigenvalue weighted by atomic mass is 32.2. The van der Waals surface area contributed by atoms with Crippen LogP contribution in [0.25, 0.3) is 0 Å². The van der Waals surface area contributed by atoms with Gasteiger partial charge in [-0.25, -0.2) is 23.1 Å². The van der Waals surface area contributed by atoms with Gasteiger partial charge in [-0.05, 0) is 20.8 Å². The van der Waals surface area contributed by atoms with E-state index in [1.165, 1.54) is 4.90 Å². The Labute approximate surface area is 140 Å². The summed E-state index contributed by atoms with van der Waals surface area (Å²) in [7, 11) is -3.72. The lowest BCUT2D eigenvalue weighted by Crippen LogP contribution is -2.50. The third kappa shape index (κ3) is 7.13. The highest BCUT2D eigenvalue weighted by Crippen LogP contribution is 2.19. The standard InChI is InChI=1S/C13H23N3O7S/c1-13(2,3)23-12(20)15-9(11(18)19)6-16-5-8(4-10(16)17)7-24(14,21)22/h8-9H,4-7H2,1-3H3,(H,15,20)(H,18,19)(H2,14,21,22)/t8?,9-/m0/s1. The Morgan fingerprint density at radius 3 is 2.50 bits per heavy atom. The van der Waals surface area contributed by atoms with Gasteiger partial charge in [-0.3, -0.25) is 4.79 Å². The quantitative estimate of drug-likeness (QED) is 0.550. The molecule has 0 bridgehead atoms. The summed E-state index contributed by atoms with van der Waals surface area (Å²) in [4.78, 5) is 36.1. The second-order valence-corrected chi connectivity index (χ2v) is 8.39. The molecule has 4 N–H and O–H groups in total. The maximum Gasteiger partial charge on any atom is 0.408 e. The Kier molecular flexibility index (Phi) is 6.17. The molecule has 11 heteroatoms. The fourth-order valence-electron chi connectivity index (χ4n) is 2.33. The largest absolute Gasteiger partial charge is 0.480 e. The summed E-state index contributed by atoms with van der Waals surface area (Å²) in [6.45, 7) is 4.67. The third-order valence-electron chi connectivity index (χ3n) is 3.15. The molecule has 0 spiro atoms. The molecular formula is C13H23N3O7S. The number of hydrogen-bond donors (Lipinski definition) is 3. The van der Waals surface area contributed by atoms with Gasteiger partial charge < -0.3 is 20.1 Å². The Balaban J connectivity index is 2.67. The molecule has 10 nitrogen and oxygen atoms in total. The molecule has 2 amide bonds. The van der Waals surface area contributed by atoms with E-state index in [4.69, 9.17) is 9.88 Å². The van der Waals surface area contributed by atoms with Crippen molar-refractivity contribution in [3.63, 3.8) is 0 Å². The summed E-state index contributed by atoms with van der Waals surface area (Å²) < 4.78 is 27.2. The van der Waals surface area contributed by atoms with Crippen LogP contribution in [0.1, 0.15) is 27.2 Å². The zero-order chi connectivity index (χ0) is 18.7. The number of nitrogens with zero attached hydrogens (tertiary/aromatic N) is 1. The zero-order valence-electron chi connectivity index (χ0n) is 13.8. The summed E-state index contributed by atoms with van der Waals surface area (Å²) in [6.07, 6.45) is -0.947. The number of primary sulfonamides is 1. The van der Waals surface area contributed by atoms with Gasteiger partial charge in [-0.1, -0.05) is 0 Å². The number of nitrogens with one attached hydrogen (secondary N) is 1. The van der Waals surface area contributed by atoms with Gasteiger partial charge >= 0.3 is 12.1 Å². The first kappa shape index (κ1) is 20.2. The molecule has 1 fully saturated rings. The summed E-state index contributed by atoms with van der Waals surface area (Å²) >= 11 is 0. The van der Waals surface area contributed by atoms with E-state index in [2.05, 4.69) is 5.32 Å². The summed E-state index contributed by atoms with van der Waals surface area (Å²) in [6, 6.07) is -1.36. The first-order chi connectivity index (χ1) is 10.8. The lowest BCUT2D eigenvalue weighted by atomic mass is 10.1. The van der Waals surface area contributed by atoms with Crippen molar-refractivity contribution in [1.82, 2.24) is 10.2 Å². The Morgan fingerprint density at radius 2 is 2.04 bits per heavy atom. The molecule has 1 aliphatic heterocycles. The van der Waals surface area contributed by atoms with Crippen LogP contribution in [0.2, 0.25) is 0 Å². The van der Waals surface area contributed by atoms with Crippen molar-refractivity contribution in [2.75, 3.05) is 18.8 Å². The molecule has 1 aliphatic rings. The molecule has 1 heterocycles. The van der Waals surface area contributed by atoms with Gasteiger partial charge in [0.2, 0.25) is 15.9 Å². The minimum atomic E-state index is -3.72. The van der Waals surface area contributed by atoms with E-state index < -0.39 is 39.6 Å². The minimum absolute atomic E-state index is 0.0325. The minimum Gasteiger partial charge on any atom is -0.480 e. The lowest BCUT2D eigenvalue weighted by Gasteiger charge is -2.24. The number of alkyl carbamates (subject to hydrolysis) is 1. The third-order valence-corrected chi connectivity index (χ3v) is 4.09. The second-order valence-electron chi connectivity index (χ2n) is 6.74. The van der Waals surface area contributed by atoms with Crippen molar-refractivity contribution in [2.24, 2.45) is 11.1 Å². The number of carbonyl (C=O) groups excluding carboxylic acids is 2. The highest BCUT2D eigenvalue weighted by molar-refractivity contribution is 7.89. The van der Waals surface area contributed by atoms with Crippen LogP contribution >= 0.6 is 0 Å². The monoisotopic (exact) mass is 365 g/mol.